The summed E-state index contributed by atoms with van der Waals surface area (Å²) in [5.74, 6) is -1.08. The van der Waals surface area contributed by atoms with Crippen molar-refractivity contribution in [1.29, 1.82) is 0 Å². The van der Waals surface area contributed by atoms with Crippen molar-refractivity contribution in [3.8, 4) is 11.6 Å². The third-order valence-corrected chi connectivity index (χ3v) is 3.87. The van der Waals surface area contributed by atoms with Crippen LogP contribution in [0.5, 0.6) is 5.88 Å². The van der Waals surface area contributed by atoms with E-state index in [9.17, 15) is 22.7 Å². The second-order valence-electron chi connectivity index (χ2n) is 6.55. The van der Waals surface area contributed by atoms with Gasteiger partial charge in [0.15, 0.2) is 0 Å². The fraction of sp³-hybridized carbons (Fsp3) is 0.278. The van der Waals surface area contributed by atoms with E-state index < -0.39 is 23.2 Å². The molecule has 3 rings (SSSR count). The molecule has 10 heteroatoms. The first-order valence-corrected chi connectivity index (χ1v) is 8.14. The van der Waals surface area contributed by atoms with Gasteiger partial charge in [0, 0.05) is 17.8 Å². The molecular formula is C18H16F4N4O2. The number of hydrogen-bond acceptors (Lipinski definition) is 5. The van der Waals surface area contributed by atoms with E-state index in [0.29, 0.717) is 17.3 Å². The Balaban J connectivity index is 1.71. The Labute approximate surface area is 157 Å². The van der Waals surface area contributed by atoms with Crippen LogP contribution in [0.4, 0.5) is 17.6 Å². The van der Waals surface area contributed by atoms with Crippen molar-refractivity contribution in [2.45, 2.75) is 32.2 Å². The van der Waals surface area contributed by atoms with Crippen molar-refractivity contribution in [3.05, 3.63) is 65.4 Å². The molecule has 0 saturated carbocycles. The van der Waals surface area contributed by atoms with E-state index in [-0.39, 0.29) is 18.2 Å². The Morgan fingerprint density at radius 1 is 1.14 bits per heavy atom. The summed E-state index contributed by atoms with van der Waals surface area (Å²) in [6.45, 7) is 3.23. The average Bonchev–Trinajstić information content (AvgIpc) is 3.08. The molecule has 1 aromatic carbocycles. The predicted octanol–water partition coefficient (Wildman–Crippen LogP) is 3.63. The van der Waals surface area contributed by atoms with Crippen molar-refractivity contribution >= 4 is 0 Å². The summed E-state index contributed by atoms with van der Waals surface area (Å²) in [7, 11) is 0. The van der Waals surface area contributed by atoms with E-state index in [1.807, 2.05) is 0 Å². The van der Waals surface area contributed by atoms with Crippen molar-refractivity contribution in [2.24, 2.45) is 0 Å². The molecule has 0 spiro atoms. The average molecular weight is 396 g/mol. The molecule has 0 bridgehead atoms. The maximum absolute atomic E-state index is 13.4. The molecule has 3 aromatic rings. The lowest BCUT2D eigenvalue weighted by Crippen LogP contribution is -2.15. The molecule has 28 heavy (non-hydrogen) atoms. The summed E-state index contributed by atoms with van der Waals surface area (Å²) in [6, 6.07) is 5.79. The van der Waals surface area contributed by atoms with Gasteiger partial charge in [-0.2, -0.15) is 13.2 Å². The molecular weight excluding hydrogens is 380 g/mol. The molecule has 0 unspecified atom stereocenters. The van der Waals surface area contributed by atoms with Crippen LogP contribution in [-0.2, 0) is 18.4 Å². The molecule has 2 aromatic heterocycles. The second kappa shape index (κ2) is 7.19. The van der Waals surface area contributed by atoms with Crippen molar-refractivity contribution in [3.63, 3.8) is 0 Å². The van der Waals surface area contributed by atoms with Crippen LogP contribution in [0, 0.1) is 5.82 Å². The van der Waals surface area contributed by atoms with Crippen LogP contribution in [0.2, 0.25) is 0 Å². The minimum absolute atomic E-state index is 0.0140. The van der Waals surface area contributed by atoms with Gasteiger partial charge >= 0.3 is 6.18 Å². The number of pyridine rings is 1. The molecule has 0 aliphatic rings. The predicted molar refractivity (Wildman–Crippen MR) is 90.1 cm³/mol. The van der Waals surface area contributed by atoms with Gasteiger partial charge in [0.1, 0.15) is 18.1 Å². The number of benzene rings is 1. The number of hydrogen-bond donors (Lipinski definition) is 1. The van der Waals surface area contributed by atoms with Crippen LogP contribution in [0.25, 0.3) is 5.69 Å². The summed E-state index contributed by atoms with van der Waals surface area (Å²) in [4.78, 5) is 4.07. The number of aromatic nitrogens is 4. The Bertz CT molecular complexity index is 963. The van der Waals surface area contributed by atoms with Gasteiger partial charge in [0.2, 0.25) is 5.88 Å². The van der Waals surface area contributed by atoms with Crippen LogP contribution in [0.1, 0.15) is 30.7 Å². The lowest BCUT2D eigenvalue weighted by molar-refractivity contribution is -0.140. The third kappa shape index (κ3) is 4.45. The van der Waals surface area contributed by atoms with Crippen LogP contribution < -0.4 is 4.74 Å². The maximum Gasteiger partial charge on any atom is 0.419 e. The summed E-state index contributed by atoms with van der Waals surface area (Å²) >= 11 is 0. The summed E-state index contributed by atoms with van der Waals surface area (Å²) in [5.41, 5.74) is -1.44. The molecule has 0 saturated heterocycles. The fourth-order valence-electron chi connectivity index (χ4n) is 2.34. The first-order chi connectivity index (χ1) is 13.0. The zero-order valence-corrected chi connectivity index (χ0v) is 14.9. The molecule has 2 heterocycles. The van der Waals surface area contributed by atoms with Crippen LogP contribution in [-0.4, -0.2) is 25.1 Å². The molecule has 6 nitrogen and oxygen atoms in total. The molecule has 0 aliphatic carbocycles. The third-order valence-electron chi connectivity index (χ3n) is 3.87. The zero-order valence-electron chi connectivity index (χ0n) is 14.9. The Morgan fingerprint density at radius 2 is 1.89 bits per heavy atom. The van der Waals surface area contributed by atoms with E-state index in [4.69, 9.17) is 4.74 Å². The number of aliphatic hydroxyl groups is 1. The van der Waals surface area contributed by atoms with Crippen molar-refractivity contribution in [1.82, 2.24) is 20.0 Å². The standard InChI is InChI=1S/C18H16F4N4O2/c1-17(2,27)11-3-6-16(23-8-11)28-10-12-9-26(25-24-12)13-4-5-15(19)14(7-13)18(20,21)22/h3-9,27H,10H2,1-2H3. The summed E-state index contributed by atoms with van der Waals surface area (Å²) in [6.07, 6.45) is -1.96. The van der Waals surface area contributed by atoms with Gasteiger partial charge in [-0.05, 0) is 38.1 Å². The first-order valence-electron chi connectivity index (χ1n) is 8.14. The van der Waals surface area contributed by atoms with E-state index >= 15 is 0 Å². The molecule has 0 fully saturated rings. The molecule has 1 N–H and O–H groups in total. The Morgan fingerprint density at radius 3 is 2.50 bits per heavy atom. The molecule has 0 radical (unpaired) electrons. The number of alkyl halides is 3. The Hall–Kier alpha value is -3.01. The van der Waals surface area contributed by atoms with Crippen molar-refractivity contribution in [2.75, 3.05) is 0 Å². The van der Waals surface area contributed by atoms with Gasteiger partial charge in [-0.3, -0.25) is 0 Å². The molecule has 0 amide bonds. The maximum atomic E-state index is 13.4. The minimum atomic E-state index is -4.81. The van der Waals surface area contributed by atoms with E-state index in [0.717, 1.165) is 10.7 Å². The SMILES string of the molecule is CC(C)(O)c1ccc(OCc2cn(-c3ccc(F)c(C(F)(F)F)c3)nn2)nc1. The van der Waals surface area contributed by atoms with Gasteiger partial charge in [-0.1, -0.05) is 5.21 Å². The highest BCUT2D eigenvalue weighted by Gasteiger charge is 2.34. The zero-order chi connectivity index (χ0) is 20.5. The number of ether oxygens (including phenoxy) is 1. The van der Waals surface area contributed by atoms with E-state index in [2.05, 4.69) is 15.3 Å². The van der Waals surface area contributed by atoms with Gasteiger partial charge in [-0.25, -0.2) is 14.1 Å². The topological polar surface area (TPSA) is 73.1 Å². The first kappa shape index (κ1) is 19.7. The number of halogens is 4. The summed E-state index contributed by atoms with van der Waals surface area (Å²) in [5, 5.41) is 17.5. The lowest BCUT2D eigenvalue weighted by Gasteiger charge is -2.17. The highest BCUT2D eigenvalue weighted by atomic mass is 19.4. The second-order valence-corrected chi connectivity index (χ2v) is 6.55. The molecule has 0 atom stereocenters. The lowest BCUT2D eigenvalue weighted by atomic mass is 10.0. The largest absolute Gasteiger partial charge is 0.471 e. The Kier molecular flexibility index (Phi) is 5.07. The fourth-order valence-corrected chi connectivity index (χ4v) is 2.34. The van der Waals surface area contributed by atoms with E-state index in [1.165, 1.54) is 18.5 Å². The summed E-state index contributed by atoms with van der Waals surface area (Å²) < 4.78 is 58.4. The molecule has 0 aliphatic heterocycles. The highest BCUT2D eigenvalue weighted by Crippen LogP contribution is 2.32. The molecule has 148 valence electrons. The van der Waals surface area contributed by atoms with Gasteiger partial charge in [0.05, 0.1) is 23.0 Å². The highest BCUT2D eigenvalue weighted by molar-refractivity contribution is 5.37. The van der Waals surface area contributed by atoms with Gasteiger partial charge < -0.3 is 9.84 Å². The van der Waals surface area contributed by atoms with Crippen LogP contribution in [0.15, 0.2) is 42.7 Å². The normalized spacial score (nSPS) is 12.2. The number of nitrogens with zero attached hydrogens (tertiary/aromatic N) is 4. The van der Waals surface area contributed by atoms with Gasteiger partial charge in [-0.15, -0.1) is 5.10 Å². The monoisotopic (exact) mass is 396 g/mol. The van der Waals surface area contributed by atoms with Crippen LogP contribution in [0.3, 0.4) is 0 Å². The van der Waals surface area contributed by atoms with Crippen LogP contribution >= 0.6 is 0 Å². The number of rotatable bonds is 5. The smallest absolute Gasteiger partial charge is 0.419 e. The quantitative estimate of drug-likeness (QED) is 0.667. The minimum Gasteiger partial charge on any atom is -0.471 e. The van der Waals surface area contributed by atoms with Crippen molar-refractivity contribution < 1.29 is 27.4 Å². The van der Waals surface area contributed by atoms with E-state index in [1.54, 1.807) is 26.0 Å². The van der Waals surface area contributed by atoms with Gasteiger partial charge in [0.25, 0.3) is 0 Å².